The maximum Gasteiger partial charge on any atom is 0.234 e. The van der Waals surface area contributed by atoms with Crippen molar-refractivity contribution in [1.82, 2.24) is 10.2 Å². The molecule has 0 unspecified atom stereocenters. The first-order chi connectivity index (χ1) is 12.6. The molecule has 3 rings (SSSR count). The lowest BCUT2D eigenvalue weighted by Gasteiger charge is -2.36. The van der Waals surface area contributed by atoms with Crippen LogP contribution in [0.25, 0.3) is 0 Å². The Morgan fingerprint density at radius 1 is 1.08 bits per heavy atom. The number of anilines is 1. The van der Waals surface area contributed by atoms with Crippen LogP contribution in [0.3, 0.4) is 0 Å². The van der Waals surface area contributed by atoms with Crippen LogP contribution in [0, 0.1) is 6.92 Å². The molecule has 4 nitrogen and oxygen atoms in total. The number of piperazine rings is 1. The lowest BCUT2D eigenvalue weighted by Crippen LogP contribution is -2.49. The molecule has 1 heterocycles. The number of nitrogens with zero attached hydrogens (tertiary/aromatic N) is 2. The third-order valence-electron chi connectivity index (χ3n) is 4.82. The highest BCUT2D eigenvalue weighted by Crippen LogP contribution is 2.20. The largest absolute Gasteiger partial charge is 0.369 e. The minimum atomic E-state index is 0.0939. The monoisotopic (exact) mass is 371 g/mol. The zero-order valence-electron chi connectivity index (χ0n) is 15.2. The summed E-state index contributed by atoms with van der Waals surface area (Å²) >= 11 is 5.98. The number of benzene rings is 2. The number of carbonyl (C=O) groups excluding carboxylic acids is 1. The second-order valence-electron chi connectivity index (χ2n) is 6.78. The summed E-state index contributed by atoms with van der Waals surface area (Å²) in [5.74, 6) is 0.0939. The first-order valence-electron chi connectivity index (χ1n) is 9.16. The normalized spacial score (nSPS) is 15.1. The SMILES string of the molecule is Cc1ccccc1N1CCN(CC(=O)NCCc2cccc(Cl)c2)CC1. The fraction of sp³-hybridized carbons (Fsp3) is 0.381. The molecule has 5 heteroatoms. The van der Waals surface area contributed by atoms with Crippen molar-refractivity contribution >= 4 is 23.2 Å². The number of amides is 1. The lowest BCUT2D eigenvalue weighted by molar-refractivity contribution is -0.122. The number of rotatable bonds is 6. The van der Waals surface area contributed by atoms with Crippen LogP contribution in [0.2, 0.25) is 5.02 Å². The highest BCUT2D eigenvalue weighted by Gasteiger charge is 2.19. The van der Waals surface area contributed by atoms with Crippen molar-refractivity contribution in [2.45, 2.75) is 13.3 Å². The molecule has 0 aliphatic carbocycles. The van der Waals surface area contributed by atoms with Gasteiger partial charge >= 0.3 is 0 Å². The minimum Gasteiger partial charge on any atom is -0.369 e. The van der Waals surface area contributed by atoms with Gasteiger partial charge in [-0.25, -0.2) is 0 Å². The molecule has 1 aliphatic heterocycles. The molecule has 138 valence electrons. The van der Waals surface area contributed by atoms with Gasteiger partial charge in [-0.1, -0.05) is 41.9 Å². The number of para-hydroxylation sites is 1. The molecule has 0 bridgehead atoms. The Bertz CT molecular complexity index is 742. The molecular weight excluding hydrogens is 346 g/mol. The zero-order valence-corrected chi connectivity index (χ0v) is 16.0. The molecule has 0 saturated carbocycles. The van der Waals surface area contributed by atoms with Gasteiger partial charge in [0.2, 0.25) is 5.91 Å². The third-order valence-corrected chi connectivity index (χ3v) is 5.06. The Morgan fingerprint density at radius 3 is 2.58 bits per heavy atom. The number of nitrogens with one attached hydrogen (secondary N) is 1. The number of hydrogen-bond donors (Lipinski definition) is 1. The zero-order chi connectivity index (χ0) is 18.4. The highest BCUT2D eigenvalue weighted by atomic mass is 35.5. The fourth-order valence-electron chi connectivity index (χ4n) is 3.36. The Balaban J connectivity index is 1.39. The summed E-state index contributed by atoms with van der Waals surface area (Å²) in [6, 6.07) is 16.3. The predicted molar refractivity (Wildman–Crippen MR) is 108 cm³/mol. The molecule has 0 spiro atoms. The van der Waals surface area contributed by atoms with Crippen molar-refractivity contribution in [2.75, 3.05) is 44.2 Å². The molecule has 0 aromatic heterocycles. The smallest absolute Gasteiger partial charge is 0.234 e. The summed E-state index contributed by atoms with van der Waals surface area (Å²) < 4.78 is 0. The molecular formula is C21H26ClN3O. The average molecular weight is 372 g/mol. The van der Waals surface area contributed by atoms with E-state index < -0.39 is 0 Å². The van der Waals surface area contributed by atoms with Gasteiger partial charge in [-0.3, -0.25) is 9.69 Å². The Morgan fingerprint density at radius 2 is 1.85 bits per heavy atom. The van der Waals surface area contributed by atoms with Crippen LogP contribution in [0.1, 0.15) is 11.1 Å². The molecule has 26 heavy (non-hydrogen) atoms. The van der Waals surface area contributed by atoms with E-state index in [1.807, 2.05) is 24.3 Å². The molecule has 2 aromatic rings. The quantitative estimate of drug-likeness (QED) is 0.847. The number of halogens is 1. The van der Waals surface area contributed by atoms with Gasteiger partial charge in [-0.05, 0) is 42.7 Å². The maximum atomic E-state index is 12.2. The van der Waals surface area contributed by atoms with Gasteiger partial charge in [0.05, 0.1) is 6.54 Å². The topological polar surface area (TPSA) is 35.6 Å². The van der Waals surface area contributed by atoms with Crippen LogP contribution < -0.4 is 10.2 Å². The summed E-state index contributed by atoms with van der Waals surface area (Å²) in [5, 5.41) is 3.75. The second kappa shape index (κ2) is 9.06. The number of carbonyl (C=O) groups is 1. The van der Waals surface area contributed by atoms with E-state index in [-0.39, 0.29) is 5.91 Å². The lowest BCUT2D eigenvalue weighted by atomic mass is 10.1. The fourth-order valence-corrected chi connectivity index (χ4v) is 3.58. The van der Waals surface area contributed by atoms with Crippen molar-refractivity contribution in [1.29, 1.82) is 0 Å². The van der Waals surface area contributed by atoms with Crippen LogP contribution in [0.5, 0.6) is 0 Å². The minimum absolute atomic E-state index is 0.0939. The Kier molecular flexibility index (Phi) is 6.53. The van der Waals surface area contributed by atoms with E-state index in [9.17, 15) is 4.79 Å². The third kappa shape index (κ3) is 5.23. The molecule has 1 aliphatic rings. The van der Waals surface area contributed by atoms with Gasteiger partial charge in [0, 0.05) is 43.4 Å². The maximum absolute atomic E-state index is 12.2. The van der Waals surface area contributed by atoms with Gasteiger partial charge in [-0.15, -0.1) is 0 Å². The van der Waals surface area contributed by atoms with Crippen molar-refractivity contribution in [2.24, 2.45) is 0 Å². The van der Waals surface area contributed by atoms with Crippen molar-refractivity contribution in [3.8, 4) is 0 Å². The Hall–Kier alpha value is -2.04. The molecule has 0 atom stereocenters. The number of aryl methyl sites for hydroxylation is 1. The van der Waals surface area contributed by atoms with E-state index in [1.54, 1.807) is 0 Å². The van der Waals surface area contributed by atoms with Crippen molar-refractivity contribution in [3.05, 3.63) is 64.7 Å². The second-order valence-corrected chi connectivity index (χ2v) is 7.22. The van der Waals surface area contributed by atoms with E-state index in [4.69, 9.17) is 11.6 Å². The summed E-state index contributed by atoms with van der Waals surface area (Å²) in [4.78, 5) is 16.8. The summed E-state index contributed by atoms with van der Waals surface area (Å²) in [6.45, 7) is 7.00. The first-order valence-corrected chi connectivity index (χ1v) is 9.54. The van der Waals surface area contributed by atoms with Gasteiger partial charge in [0.15, 0.2) is 0 Å². The molecule has 1 amide bonds. The van der Waals surface area contributed by atoms with E-state index >= 15 is 0 Å². The van der Waals surface area contributed by atoms with Gasteiger partial charge in [0.1, 0.15) is 0 Å². The van der Waals surface area contributed by atoms with Crippen molar-refractivity contribution in [3.63, 3.8) is 0 Å². The molecule has 2 aromatic carbocycles. The highest BCUT2D eigenvalue weighted by molar-refractivity contribution is 6.30. The summed E-state index contributed by atoms with van der Waals surface area (Å²) in [5.41, 5.74) is 3.75. The van der Waals surface area contributed by atoms with E-state index in [0.29, 0.717) is 13.1 Å². The van der Waals surface area contributed by atoms with Crippen LogP contribution in [0.4, 0.5) is 5.69 Å². The molecule has 1 saturated heterocycles. The van der Waals surface area contributed by atoms with Crippen LogP contribution >= 0.6 is 11.6 Å². The van der Waals surface area contributed by atoms with E-state index in [0.717, 1.165) is 43.2 Å². The van der Waals surface area contributed by atoms with Crippen LogP contribution in [-0.4, -0.2) is 50.1 Å². The number of hydrogen-bond acceptors (Lipinski definition) is 3. The average Bonchev–Trinajstić information content (AvgIpc) is 2.63. The molecule has 1 N–H and O–H groups in total. The first kappa shape index (κ1) is 18.7. The predicted octanol–water partition coefficient (Wildman–Crippen LogP) is 3.13. The Labute approximate surface area is 160 Å². The van der Waals surface area contributed by atoms with Gasteiger partial charge < -0.3 is 10.2 Å². The van der Waals surface area contributed by atoms with Crippen LogP contribution in [0.15, 0.2) is 48.5 Å². The van der Waals surface area contributed by atoms with Crippen LogP contribution in [-0.2, 0) is 11.2 Å². The van der Waals surface area contributed by atoms with Gasteiger partial charge in [-0.2, -0.15) is 0 Å². The van der Waals surface area contributed by atoms with Crippen molar-refractivity contribution < 1.29 is 4.79 Å². The van der Waals surface area contributed by atoms with E-state index in [1.165, 1.54) is 11.3 Å². The van der Waals surface area contributed by atoms with E-state index in [2.05, 4.69) is 46.3 Å². The standard InChI is InChI=1S/C21H26ClN3O/c1-17-5-2-3-8-20(17)25-13-11-24(12-14-25)16-21(26)23-10-9-18-6-4-7-19(22)15-18/h2-8,15H,9-14,16H2,1H3,(H,23,26). The summed E-state index contributed by atoms with van der Waals surface area (Å²) in [7, 11) is 0. The molecule has 0 radical (unpaired) electrons. The summed E-state index contributed by atoms with van der Waals surface area (Å²) in [6.07, 6.45) is 0.799. The van der Waals surface area contributed by atoms with Gasteiger partial charge in [0.25, 0.3) is 0 Å². The molecule has 1 fully saturated rings.